The zero-order valence-electron chi connectivity index (χ0n) is 13.1. The maximum absolute atomic E-state index is 9.15. The van der Waals surface area contributed by atoms with Gasteiger partial charge in [-0.05, 0) is 43.9 Å². The van der Waals surface area contributed by atoms with Crippen LogP contribution in [0, 0.1) is 11.8 Å². The lowest BCUT2D eigenvalue weighted by molar-refractivity contribution is 0.209. The first-order valence-corrected chi connectivity index (χ1v) is 8.15. The summed E-state index contributed by atoms with van der Waals surface area (Å²) in [4.78, 5) is 0. The Balaban J connectivity index is 2.63. The van der Waals surface area contributed by atoms with Crippen LogP contribution in [0.3, 0.4) is 0 Å². The lowest BCUT2D eigenvalue weighted by Gasteiger charge is -2.37. The number of rotatable bonds is 7. The Labute approximate surface area is 119 Å². The second-order valence-electron chi connectivity index (χ2n) is 6.68. The van der Waals surface area contributed by atoms with Crippen molar-refractivity contribution in [2.75, 3.05) is 13.2 Å². The second kappa shape index (κ2) is 8.23. The minimum absolute atomic E-state index is 0.111. The number of hydrogen-bond acceptors (Lipinski definition) is 3. The van der Waals surface area contributed by atoms with Gasteiger partial charge in [0.1, 0.15) is 0 Å². The number of aliphatic hydroxyl groups is 1. The molecular formula is C16H34N2O. The maximum atomic E-state index is 9.15. The monoisotopic (exact) mass is 270 g/mol. The largest absolute Gasteiger partial charge is 0.396 e. The molecule has 0 aliphatic heterocycles. The van der Waals surface area contributed by atoms with Crippen molar-refractivity contribution in [1.82, 2.24) is 5.32 Å². The third-order valence-electron chi connectivity index (χ3n) is 5.04. The zero-order chi connectivity index (χ0) is 14.3. The van der Waals surface area contributed by atoms with Crippen LogP contribution in [0.15, 0.2) is 0 Å². The summed E-state index contributed by atoms with van der Waals surface area (Å²) in [6.07, 6.45) is 8.20. The normalized spacial score (nSPS) is 30.3. The van der Waals surface area contributed by atoms with Gasteiger partial charge in [0.25, 0.3) is 0 Å². The van der Waals surface area contributed by atoms with E-state index in [0.29, 0.717) is 6.04 Å². The molecule has 19 heavy (non-hydrogen) atoms. The van der Waals surface area contributed by atoms with Crippen molar-refractivity contribution in [3.8, 4) is 0 Å². The summed E-state index contributed by atoms with van der Waals surface area (Å²) in [5.41, 5.74) is 6.21. The molecule has 3 heteroatoms. The molecular weight excluding hydrogens is 236 g/mol. The Morgan fingerprint density at radius 1 is 1.32 bits per heavy atom. The summed E-state index contributed by atoms with van der Waals surface area (Å²) in [5, 5.41) is 12.9. The van der Waals surface area contributed by atoms with Crippen molar-refractivity contribution in [3.63, 3.8) is 0 Å². The Hall–Kier alpha value is -0.120. The molecule has 0 saturated heterocycles. The smallest absolute Gasteiger partial charge is 0.0445 e. The highest BCUT2D eigenvalue weighted by Crippen LogP contribution is 2.34. The van der Waals surface area contributed by atoms with Gasteiger partial charge in [-0.3, -0.25) is 0 Å². The first-order chi connectivity index (χ1) is 9.06. The topological polar surface area (TPSA) is 58.3 Å². The molecule has 0 radical (unpaired) electrons. The summed E-state index contributed by atoms with van der Waals surface area (Å²) in [5.74, 6) is 1.64. The van der Waals surface area contributed by atoms with Crippen LogP contribution in [-0.2, 0) is 0 Å². The highest BCUT2D eigenvalue weighted by molar-refractivity contribution is 4.94. The third kappa shape index (κ3) is 5.05. The first-order valence-electron chi connectivity index (χ1n) is 8.15. The molecule has 3 nitrogen and oxygen atoms in total. The second-order valence-corrected chi connectivity index (χ2v) is 6.68. The SMILES string of the molecule is CCC(CCO)NC1(CN)CCCC(C(C)C)CC1. The fourth-order valence-corrected chi connectivity index (χ4v) is 3.47. The molecule has 1 aliphatic rings. The molecule has 3 unspecified atom stereocenters. The molecule has 0 bridgehead atoms. The van der Waals surface area contributed by atoms with Crippen molar-refractivity contribution in [2.45, 2.75) is 77.3 Å². The van der Waals surface area contributed by atoms with E-state index >= 15 is 0 Å². The van der Waals surface area contributed by atoms with Gasteiger partial charge in [-0.2, -0.15) is 0 Å². The number of aliphatic hydroxyl groups excluding tert-OH is 1. The van der Waals surface area contributed by atoms with Gasteiger partial charge in [-0.15, -0.1) is 0 Å². The van der Waals surface area contributed by atoms with Gasteiger partial charge >= 0.3 is 0 Å². The molecule has 114 valence electrons. The van der Waals surface area contributed by atoms with Gasteiger partial charge in [0.15, 0.2) is 0 Å². The molecule has 1 aliphatic carbocycles. The van der Waals surface area contributed by atoms with Crippen LogP contribution in [0.25, 0.3) is 0 Å². The summed E-state index contributed by atoms with van der Waals surface area (Å²) in [6.45, 7) is 7.86. The molecule has 0 aromatic rings. The summed E-state index contributed by atoms with van der Waals surface area (Å²) >= 11 is 0. The van der Waals surface area contributed by atoms with Gasteiger partial charge in [0.2, 0.25) is 0 Å². The summed E-state index contributed by atoms with van der Waals surface area (Å²) < 4.78 is 0. The van der Waals surface area contributed by atoms with E-state index in [-0.39, 0.29) is 12.1 Å². The van der Waals surface area contributed by atoms with Gasteiger partial charge in [-0.1, -0.05) is 33.6 Å². The Bertz CT molecular complexity index is 245. The number of nitrogens with two attached hydrogens (primary N) is 1. The van der Waals surface area contributed by atoms with Crippen molar-refractivity contribution < 1.29 is 5.11 Å². The molecule has 1 rings (SSSR count). The Morgan fingerprint density at radius 3 is 2.58 bits per heavy atom. The van der Waals surface area contributed by atoms with Crippen molar-refractivity contribution in [3.05, 3.63) is 0 Å². The van der Waals surface area contributed by atoms with E-state index in [2.05, 4.69) is 26.1 Å². The molecule has 0 aromatic carbocycles. The summed E-state index contributed by atoms with van der Waals surface area (Å²) in [6, 6.07) is 0.407. The van der Waals surface area contributed by atoms with E-state index in [4.69, 9.17) is 10.8 Å². The highest BCUT2D eigenvalue weighted by Gasteiger charge is 2.33. The molecule has 1 saturated carbocycles. The first kappa shape index (κ1) is 16.9. The third-order valence-corrected chi connectivity index (χ3v) is 5.04. The molecule has 0 amide bonds. The van der Waals surface area contributed by atoms with E-state index in [0.717, 1.165) is 31.2 Å². The van der Waals surface area contributed by atoms with Crippen molar-refractivity contribution >= 4 is 0 Å². The minimum atomic E-state index is 0.111. The average Bonchev–Trinajstić information content (AvgIpc) is 2.61. The van der Waals surface area contributed by atoms with Crippen molar-refractivity contribution in [2.24, 2.45) is 17.6 Å². The van der Waals surface area contributed by atoms with E-state index in [1.54, 1.807) is 0 Å². The van der Waals surface area contributed by atoms with Crippen LogP contribution in [-0.4, -0.2) is 29.8 Å². The molecule has 0 aromatic heterocycles. The minimum Gasteiger partial charge on any atom is -0.396 e. The standard InChI is InChI=1S/C16H34N2O/c1-4-15(8-11-19)18-16(12-17)9-5-6-14(7-10-16)13(2)3/h13-15,18-19H,4-12,17H2,1-3H3. The lowest BCUT2D eigenvalue weighted by Crippen LogP contribution is -2.55. The van der Waals surface area contributed by atoms with E-state index < -0.39 is 0 Å². The zero-order valence-corrected chi connectivity index (χ0v) is 13.1. The van der Waals surface area contributed by atoms with Crippen LogP contribution in [0.5, 0.6) is 0 Å². The molecule has 0 heterocycles. The molecule has 0 spiro atoms. The molecule has 1 fully saturated rings. The molecule has 4 N–H and O–H groups in total. The lowest BCUT2D eigenvalue weighted by atomic mass is 9.86. The van der Waals surface area contributed by atoms with Gasteiger partial charge in [-0.25, -0.2) is 0 Å². The predicted molar refractivity (Wildman–Crippen MR) is 82.1 cm³/mol. The number of nitrogens with one attached hydrogen (secondary N) is 1. The van der Waals surface area contributed by atoms with Gasteiger partial charge < -0.3 is 16.2 Å². The summed E-state index contributed by atoms with van der Waals surface area (Å²) in [7, 11) is 0. The van der Waals surface area contributed by atoms with Crippen molar-refractivity contribution in [1.29, 1.82) is 0 Å². The van der Waals surface area contributed by atoms with Crippen LogP contribution >= 0.6 is 0 Å². The maximum Gasteiger partial charge on any atom is 0.0445 e. The Kier molecular flexibility index (Phi) is 7.33. The quantitative estimate of drug-likeness (QED) is 0.623. The average molecular weight is 270 g/mol. The van der Waals surface area contributed by atoms with Gasteiger partial charge in [0.05, 0.1) is 0 Å². The van der Waals surface area contributed by atoms with Gasteiger partial charge in [0, 0.05) is 24.7 Å². The fourth-order valence-electron chi connectivity index (χ4n) is 3.47. The van der Waals surface area contributed by atoms with E-state index in [1.807, 2.05) is 0 Å². The predicted octanol–water partition coefficient (Wildman–Crippen LogP) is 2.67. The van der Waals surface area contributed by atoms with Crippen LogP contribution in [0.1, 0.15) is 65.7 Å². The van der Waals surface area contributed by atoms with E-state index in [1.165, 1.54) is 32.1 Å². The highest BCUT2D eigenvalue weighted by atomic mass is 16.3. The van der Waals surface area contributed by atoms with E-state index in [9.17, 15) is 0 Å². The van der Waals surface area contributed by atoms with Crippen LogP contribution < -0.4 is 11.1 Å². The Morgan fingerprint density at radius 2 is 2.05 bits per heavy atom. The van der Waals surface area contributed by atoms with Crippen LogP contribution in [0.2, 0.25) is 0 Å². The van der Waals surface area contributed by atoms with Crippen LogP contribution in [0.4, 0.5) is 0 Å². The number of hydrogen-bond donors (Lipinski definition) is 3. The molecule has 3 atom stereocenters. The fraction of sp³-hybridized carbons (Fsp3) is 1.00.